The molecule has 0 spiro atoms. The Bertz CT molecular complexity index is 425. The fraction of sp³-hybridized carbons (Fsp3) is 0.800. The summed E-state index contributed by atoms with van der Waals surface area (Å²) in [6, 6.07) is 0.630. The molecule has 0 bridgehead atoms. The third-order valence-corrected chi connectivity index (χ3v) is 3.87. The smallest absolute Gasteiger partial charge is 0.227 e. The number of amides is 1. The highest BCUT2D eigenvalue weighted by molar-refractivity contribution is 5.75. The van der Waals surface area contributed by atoms with Gasteiger partial charge in [0.05, 0.1) is 0 Å². The third kappa shape index (κ3) is 6.25. The van der Waals surface area contributed by atoms with Gasteiger partial charge in [0.15, 0.2) is 5.82 Å². The molecule has 1 aromatic heterocycles. The Hall–Kier alpha value is -1.43. The molecule has 1 aliphatic rings. The van der Waals surface area contributed by atoms with Gasteiger partial charge in [-0.2, -0.15) is 4.98 Å². The highest BCUT2D eigenvalue weighted by Crippen LogP contribution is 2.16. The Kier molecular flexibility index (Phi) is 6.66. The van der Waals surface area contributed by atoms with Crippen molar-refractivity contribution in [2.45, 2.75) is 64.3 Å². The van der Waals surface area contributed by atoms with E-state index in [2.05, 4.69) is 20.8 Å². The molecule has 1 fully saturated rings. The number of aryl methyl sites for hydroxylation is 2. The summed E-state index contributed by atoms with van der Waals surface area (Å²) in [5.74, 6) is 1.17. The molecule has 0 aromatic carbocycles. The summed E-state index contributed by atoms with van der Waals surface area (Å²) in [6.45, 7) is 3.29. The molecule has 1 aromatic rings. The van der Waals surface area contributed by atoms with E-state index in [0.717, 1.165) is 6.54 Å². The van der Waals surface area contributed by atoms with E-state index >= 15 is 0 Å². The van der Waals surface area contributed by atoms with Crippen LogP contribution in [0.25, 0.3) is 0 Å². The van der Waals surface area contributed by atoms with E-state index < -0.39 is 0 Å². The number of carbonyl (C=O) groups excluding carboxylic acids is 1. The van der Waals surface area contributed by atoms with Crippen LogP contribution in [0.4, 0.5) is 0 Å². The molecule has 1 heterocycles. The van der Waals surface area contributed by atoms with Gasteiger partial charge in [-0.1, -0.05) is 30.8 Å². The van der Waals surface area contributed by atoms with Gasteiger partial charge < -0.3 is 15.2 Å². The summed E-state index contributed by atoms with van der Waals surface area (Å²) in [5.41, 5.74) is 0. The summed E-state index contributed by atoms with van der Waals surface area (Å²) in [6.07, 6.45) is 8.82. The first kappa shape index (κ1) is 15.9. The van der Waals surface area contributed by atoms with Gasteiger partial charge in [-0.15, -0.1) is 0 Å². The van der Waals surface area contributed by atoms with Gasteiger partial charge in [0.1, 0.15) is 0 Å². The number of nitrogens with one attached hydrogen (secondary N) is 2. The lowest BCUT2D eigenvalue weighted by molar-refractivity contribution is -0.121. The Morgan fingerprint density at radius 2 is 2.00 bits per heavy atom. The summed E-state index contributed by atoms with van der Waals surface area (Å²) >= 11 is 0. The Morgan fingerprint density at radius 1 is 1.24 bits per heavy atom. The molecule has 21 heavy (non-hydrogen) atoms. The lowest BCUT2D eigenvalue weighted by Crippen LogP contribution is -2.36. The normalized spacial score (nSPS) is 16.6. The Morgan fingerprint density at radius 3 is 2.67 bits per heavy atom. The average molecular weight is 294 g/mol. The molecule has 1 aliphatic carbocycles. The SMILES string of the molecule is Cc1noc(CCC(=O)NCCNC2CCCCCC2)n1. The van der Waals surface area contributed by atoms with E-state index in [9.17, 15) is 4.79 Å². The van der Waals surface area contributed by atoms with E-state index in [4.69, 9.17) is 4.52 Å². The quantitative estimate of drug-likeness (QED) is 0.591. The average Bonchev–Trinajstić information content (AvgIpc) is 2.73. The first-order valence-corrected chi connectivity index (χ1v) is 8.03. The van der Waals surface area contributed by atoms with E-state index in [1.807, 2.05) is 0 Å². The lowest BCUT2D eigenvalue weighted by atomic mass is 10.1. The maximum Gasteiger partial charge on any atom is 0.227 e. The first-order chi connectivity index (χ1) is 10.2. The molecule has 0 radical (unpaired) electrons. The lowest BCUT2D eigenvalue weighted by Gasteiger charge is -2.16. The van der Waals surface area contributed by atoms with E-state index in [1.54, 1.807) is 6.92 Å². The van der Waals surface area contributed by atoms with Crippen LogP contribution in [-0.2, 0) is 11.2 Å². The van der Waals surface area contributed by atoms with Gasteiger partial charge in [0, 0.05) is 32.0 Å². The standard InChI is InChI=1S/C15H26N4O2/c1-12-18-15(21-19-12)9-8-14(20)17-11-10-16-13-6-4-2-3-5-7-13/h13,16H,2-11H2,1H3,(H,17,20). The molecule has 2 rings (SSSR count). The predicted molar refractivity (Wildman–Crippen MR) is 79.9 cm³/mol. The van der Waals surface area contributed by atoms with Crippen molar-refractivity contribution >= 4 is 5.91 Å². The van der Waals surface area contributed by atoms with Crippen LogP contribution < -0.4 is 10.6 Å². The molecular formula is C15H26N4O2. The molecule has 1 amide bonds. The van der Waals surface area contributed by atoms with Gasteiger partial charge in [-0.3, -0.25) is 4.79 Å². The molecule has 6 heteroatoms. The predicted octanol–water partition coefficient (Wildman–Crippen LogP) is 1.74. The molecule has 0 unspecified atom stereocenters. The summed E-state index contributed by atoms with van der Waals surface area (Å²) in [7, 11) is 0. The van der Waals surface area contributed by atoms with Crippen LogP contribution in [-0.4, -0.2) is 35.2 Å². The molecule has 0 atom stereocenters. The highest BCUT2D eigenvalue weighted by Gasteiger charge is 2.11. The second-order valence-electron chi connectivity index (χ2n) is 5.73. The van der Waals surface area contributed by atoms with Gasteiger partial charge in [0.25, 0.3) is 0 Å². The second-order valence-corrected chi connectivity index (χ2v) is 5.73. The Labute approximate surface area is 126 Å². The van der Waals surface area contributed by atoms with Crippen molar-refractivity contribution < 1.29 is 9.32 Å². The van der Waals surface area contributed by atoms with Crippen LogP contribution in [0.3, 0.4) is 0 Å². The number of hydrogen-bond acceptors (Lipinski definition) is 5. The second kappa shape index (κ2) is 8.77. The van der Waals surface area contributed by atoms with Gasteiger partial charge in [0.2, 0.25) is 11.8 Å². The zero-order chi connectivity index (χ0) is 14.9. The molecule has 118 valence electrons. The first-order valence-electron chi connectivity index (χ1n) is 8.03. The van der Waals surface area contributed by atoms with Crippen molar-refractivity contribution in [3.63, 3.8) is 0 Å². The van der Waals surface area contributed by atoms with Gasteiger partial charge in [-0.05, 0) is 19.8 Å². The molecule has 0 saturated heterocycles. The van der Waals surface area contributed by atoms with Crippen LogP contribution >= 0.6 is 0 Å². The number of hydrogen-bond donors (Lipinski definition) is 2. The maximum atomic E-state index is 11.7. The molecule has 6 nitrogen and oxygen atoms in total. The van der Waals surface area contributed by atoms with Crippen LogP contribution in [0, 0.1) is 6.92 Å². The minimum atomic E-state index is 0.0357. The maximum absolute atomic E-state index is 11.7. The van der Waals surface area contributed by atoms with E-state index in [1.165, 1.54) is 38.5 Å². The molecule has 2 N–H and O–H groups in total. The monoisotopic (exact) mass is 294 g/mol. The number of carbonyl (C=O) groups is 1. The molecular weight excluding hydrogens is 268 g/mol. The van der Waals surface area contributed by atoms with Crippen LogP contribution in [0.5, 0.6) is 0 Å². The van der Waals surface area contributed by atoms with Crippen LogP contribution in [0.15, 0.2) is 4.52 Å². The molecule has 0 aliphatic heterocycles. The van der Waals surface area contributed by atoms with E-state index in [-0.39, 0.29) is 5.91 Å². The minimum absolute atomic E-state index is 0.0357. The fourth-order valence-corrected chi connectivity index (χ4v) is 2.71. The van der Waals surface area contributed by atoms with Crippen molar-refractivity contribution in [2.75, 3.05) is 13.1 Å². The van der Waals surface area contributed by atoms with Gasteiger partial charge in [-0.25, -0.2) is 0 Å². The number of nitrogens with zero attached hydrogens (tertiary/aromatic N) is 2. The fourth-order valence-electron chi connectivity index (χ4n) is 2.71. The van der Waals surface area contributed by atoms with Crippen molar-refractivity contribution in [3.8, 4) is 0 Å². The van der Waals surface area contributed by atoms with Gasteiger partial charge >= 0.3 is 0 Å². The van der Waals surface area contributed by atoms with Crippen molar-refractivity contribution in [3.05, 3.63) is 11.7 Å². The number of rotatable bonds is 7. The summed E-state index contributed by atoms with van der Waals surface area (Å²) in [4.78, 5) is 15.8. The third-order valence-electron chi connectivity index (χ3n) is 3.87. The number of aromatic nitrogens is 2. The molecule has 1 saturated carbocycles. The highest BCUT2D eigenvalue weighted by atomic mass is 16.5. The van der Waals surface area contributed by atoms with Crippen molar-refractivity contribution in [1.29, 1.82) is 0 Å². The largest absolute Gasteiger partial charge is 0.355 e. The Balaban J connectivity index is 1.52. The van der Waals surface area contributed by atoms with E-state index in [0.29, 0.717) is 37.1 Å². The van der Waals surface area contributed by atoms with Crippen molar-refractivity contribution in [2.24, 2.45) is 0 Å². The minimum Gasteiger partial charge on any atom is -0.355 e. The van der Waals surface area contributed by atoms with Crippen molar-refractivity contribution in [1.82, 2.24) is 20.8 Å². The van der Waals surface area contributed by atoms with Crippen LogP contribution in [0.1, 0.15) is 56.7 Å². The summed E-state index contributed by atoms with van der Waals surface area (Å²) < 4.78 is 4.98. The zero-order valence-electron chi connectivity index (χ0n) is 12.9. The zero-order valence-corrected chi connectivity index (χ0v) is 12.9. The topological polar surface area (TPSA) is 80.0 Å². The van der Waals surface area contributed by atoms with Crippen LogP contribution in [0.2, 0.25) is 0 Å². The summed E-state index contributed by atoms with van der Waals surface area (Å²) in [5, 5.41) is 10.2.